The van der Waals surface area contributed by atoms with Gasteiger partial charge in [0.25, 0.3) is 0 Å². The lowest BCUT2D eigenvalue weighted by Gasteiger charge is -2.48. The molecule has 1 aliphatic carbocycles. The second-order valence-corrected chi connectivity index (χ2v) is 7.76. The second kappa shape index (κ2) is 7.02. The molecule has 0 aromatic heterocycles. The van der Waals surface area contributed by atoms with E-state index in [-0.39, 0.29) is 12.0 Å². The van der Waals surface area contributed by atoms with E-state index in [4.69, 9.17) is 0 Å². The maximum absolute atomic E-state index is 11.0. The molecule has 3 atom stereocenters. The molecule has 1 aliphatic rings. The van der Waals surface area contributed by atoms with Crippen LogP contribution in [0.4, 0.5) is 0 Å². The number of aliphatic hydroxyl groups excluding tert-OH is 1. The molecule has 114 valence electrons. The number of aliphatic hydroxyl groups is 2. The maximum Gasteiger partial charge on any atom is 0.133 e. The predicted octanol–water partition coefficient (Wildman–Crippen LogP) is 3.24. The van der Waals surface area contributed by atoms with Crippen molar-refractivity contribution in [2.24, 2.45) is 11.3 Å². The minimum Gasteiger partial charge on any atom is -0.393 e. The third-order valence-electron chi connectivity index (χ3n) is 4.28. The van der Waals surface area contributed by atoms with E-state index < -0.39 is 11.0 Å². The molecule has 0 aliphatic heterocycles. The maximum atomic E-state index is 11.0. The molecule has 3 heteroatoms. The van der Waals surface area contributed by atoms with E-state index in [2.05, 4.69) is 24.8 Å². The SMILES string of the molecule is CCSC/C=C(/C)C#C[C@]1(O)[C@H](C)C[C@@H](O)CC1(C)C. The van der Waals surface area contributed by atoms with Gasteiger partial charge in [-0.15, -0.1) is 0 Å². The fraction of sp³-hybridized carbons (Fsp3) is 0.765. The van der Waals surface area contributed by atoms with Gasteiger partial charge in [-0.2, -0.15) is 11.8 Å². The Hall–Kier alpha value is -0.430. The summed E-state index contributed by atoms with van der Waals surface area (Å²) in [5.74, 6) is 8.26. The lowest BCUT2D eigenvalue weighted by Crippen LogP contribution is -2.54. The molecular weight excluding hydrogens is 268 g/mol. The van der Waals surface area contributed by atoms with Gasteiger partial charge in [-0.05, 0) is 37.0 Å². The highest BCUT2D eigenvalue weighted by molar-refractivity contribution is 7.99. The average Bonchev–Trinajstić information content (AvgIpc) is 2.33. The normalized spacial score (nSPS) is 33.5. The fourth-order valence-corrected chi connectivity index (χ4v) is 3.52. The minimum absolute atomic E-state index is 0.0217. The van der Waals surface area contributed by atoms with Gasteiger partial charge in [0.15, 0.2) is 0 Å². The molecule has 0 aromatic carbocycles. The van der Waals surface area contributed by atoms with Crippen LogP contribution in [0.3, 0.4) is 0 Å². The number of hydrogen-bond acceptors (Lipinski definition) is 3. The van der Waals surface area contributed by atoms with Crippen molar-refractivity contribution >= 4 is 11.8 Å². The van der Waals surface area contributed by atoms with Crippen molar-refractivity contribution in [2.45, 2.75) is 59.2 Å². The van der Waals surface area contributed by atoms with E-state index >= 15 is 0 Å². The summed E-state index contributed by atoms with van der Waals surface area (Å²) in [5, 5.41) is 20.9. The van der Waals surface area contributed by atoms with Crippen molar-refractivity contribution in [3.8, 4) is 11.8 Å². The van der Waals surface area contributed by atoms with E-state index in [1.165, 1.54) is 0 Å². The molecule has 0 unspecified atom stereocenters. The minimum atomic E-state index is -1.03. The predicted molar refractivity (Wildman–Crippen MR) is 87.7 cm³/mol. The monoisotopic (exact) mass is 296 g/mol. The average molecular weight is 296 g/mol. The zero-order valence-corrected chi connectivity index (χ0v) is 14.2. The summed E-state index contributed by atoms with van der Waals surface area (Å²) in [4.78, 5) is 0. The standard InChI is InChI=1S/C17H28O2S/c1-6-20-10-8-13(2)7-9-17(19)14(3)11-15(18)12-16(17,4)5/h8,14-15,18-19H,6,10-12H2,1-5H3/b13-8-/t14-,15-,17+/m1/s1. The molecular formula is C17H28O2S. The van der Waals surface area contributed by atoms with Gasteiger partial charge in [0, 0.05) is 11.2 Å². The molecule has 0 radical (unpaired) electrons. The van der Waals surface area contributed by atoms with Crippen molar-refractivity contribution in [1.29, 1.82) is 0 Å². The van der Waals surface area contributed by atoms with Gasteiger partial charge in [-0.25, -0.2) is 0 Å². The Bertz CT molecular complexity index is 416. The van der Waals surface area contributed by atoms with Gasteiger partial charge >= 0.3 is 0 Å². The largest absolute Gasteiger partial charge is 0.393 e. The molecule has 0 aromatic rings. The zero-order chi connectivity index (χ0) is 15.4. The summed E-state index contributed by atoms with van der Waals surface area (Å²) in [6, 6.07) is 0. The first-order chi connectivity index (χ1) is 9.23. The summed E-state index contributed by atoms with van der Waals surface area (Å²) < 4.78 is 0. The quantitative estimate of drug-likeness (QED) is 0.620. The van der Waals surface area contributed by atoms with Crippen LogP contribution in [0.25, 0.3) is 0 Å². The summed E-state index contributed by atoms with van der Waals surface area (Å²) in [5.41, 5.74) is -0.414. The summed E-state index contributed by atoms with van der Waals surface area (Å²) in [6.07, 6.45) is 2.99. The van der Waals surface area contributed by atoms with E-state index in [0.717, 1.165) is 17.1 Å². The van der Waals surface area contributed by atoms with Crippen LogP contribution in [0.5, 0.6) is 0 Å². The molecule has 0 amide bonds. The Morgan fingerprint density at radius 3 is 2.65 bits per heavy atom. The molecule has 2 nitrogen and oxygen atoms in total. The summed E-state index contributed by atoms with van der Waals surface area (Å²) in [6.45, 7) is 10.1. The fourth-order valence-electron chi connectivity index (χ4n) is 2.91. The van der Waals surface area contributed by atoms with E-state index in [1.54, 1.807) is 0 Å². The second-order valence-electron chi connectivity index (χ2n) is 6.44. The molecule has 1 saturated carbocycles. The highest BCUT2D eigenvalue weighted by atomic mass is 32.2. The molecule has 0 spiro atoms. The summed E-state index contributed by atoms with van der Waals surface area (Å²) in [7, 11) is 0. The van der Waals surface area contributed by atoms with E-state index in [9.17, 15) is 10.2 Å². The topological polar surface area (TPSA) is 40.5 Å². The first-order valence-electron chi connectivity index (χ1n) is 7.41. The molecule has 0 bridgehead atoms. The number of hydrogen-bond donors (Lipinski definition) is 2. The van der Waals surface area contributed by atoms with Crippen LogP contribution in [-0.4, -0.2) is 33.4 Å². The van der Waals surface area contributed by atoms with Crippen molar-refractivity contribution < 1.29 is 10.2 Å². The van der Waals surface area contributed by atoms with E-state index in [1.807, 2.05) is 39.5 Å². The highest BCUT2D eigenvalue weighted by Crippen LogP contribution is 2.46. The molecule has 20 heavy (non-hydrogen) atoms. The van der Waals surface area contributed by atoms with Gasteiger partial charge in [0.1, 0.15) is 5.60 Å². The van der Waals surface area contributed by atoms with Gasteiger partial charge < -0.3 is 10.2 Å². The van der Waals surface area contributed by atoms with Crippen LogP contribution < -0.4 is 0 Å². The van der Waals surface area contributed by atoms with Crippen LogP contribution in [0.1, 0.15) is 47.5 Å². The lowest BCUT2D eigenvalue weighted by molar-refractivity contribution is -0.121. The molecule has 1 fully saturated rings. The van der Waals surface area contributed by atoms with Crippen molar-refractivity contribution in [3.05, 3.63) is 11.6 Å². The first kappa shape index (κ1) is 17.6. The van der Waals surface area contributed by atoms with Gasteiger partial charge in [-0.1, -0.05) is 45.6 Å². The van der Waals surface area contributed by atoms with Crippen LogP contribution in [0.15, 0.2) is 11.6 Å². The van der Waals surface area contributed by atoms with E-state index in [0.29, 0.717) is 12.8 Å². The Morgan fingerprint density at radius 2 is 2.10 bits per heavy atom. The molecule has 0 heterocycles. The van der Waals surface area contributed by atoms with Crippen LogP contribution >= 0.6 is 11.8 Å². The van der Waals surface area contributed by atoms with Crippen molar-refractivity contribution in [2.75, 3.05) is 11.5 Å². The number of rotatable bonds is 3. The number of allylic oxidation sites excluding steroid dienone is 1. The molecule has 2 N–H and O–H groups in total. The molecule has 0 saturated heterocycles. The van der Waals surface area contributed by atoms with Crippen LogP contribution in [-0.2, 0) is 0 Å². The number of thioether (sulfide) groups is 1. The van der Waals surface area contributed by atoms with Crippen molar-refractivity contribution in [1.82, 2.24) is 0 Å². The van der Waals surface area contributed by atoms with Crippen LogP contribution in [0.2, 0.25) is 0 Å². The van der Waals surface area contributed by atoms with Gasteiger partial charge in [0.2, 0.25) is 0 Å². The lowest BCUT2D eigenvalue weighted by atomic mass is 9.60. The Balaban J connectivity index is 2.90. The van der Waals surface area contributed by atoms with Crippen LogP contribution in [0, 0.1) is 23.2 Å². The zero-order valence-electron chi connectivity index (χ0n) is 13.4. The molecule has 1 rings (SSSR count). The van der Waals surface area contributed by atoms with Crippen molar-refractivity contribution in [3.63, 3.8) is 0 Å². The van der Waals surface area contributed by atoms with Gasteiger partial charge in [-0.3, -0.25) is 0 Å². The Morgan fingerprint density at radius 1 is 1.45 bits per heavy atom. The first-order valence-corrected chi connectivity index (χ1v) is 8.56. The Kier molecular flexibility index (Phi) is 6.19. The summed E-state index contributed by atoms with van der Waals surface area (Å²) >= 11 is 1.86. The highest BCUT2D eigenvalue weighted by Gasteiger charge is 2.51. The third kappa shape index (κ3) is 4.04. The third-order valence-corrected chi connectivity index (χ3v) is 5.09. The Labute approximate surface area is 128 Å². The van der Waals surface area contributed by atoms with Gasteiger partial charge in [0.05, 0.1) is 6.10 Å². The smallest absolute Gasteiger partial charge is 0.133 e.